The van der Waals surface area contributed by atoms with Crippen molar-refractivity contribution in [3.8, 4) is 11.1 Å². The molecule has 0 N–H and O–H groups in total. The molecule has 20 heavy (non-hydrogen) atoms. The van der Waals surface area contributed by atoms with Gasteiger partial charge >= 0.3 is 0 Å². The van der Waals surface area contributed by atoms with E-state index in [9.17, 15) is 0 Å². The van der Waals surface area contributed by atoms with Gasteiger partial charge in [-0.05, 0) is 66.6 Å². The summed E-state index contributed by atoms with van der Waals surface area (Å²) in [4.78, 5) is 6.74. The first kappa shape index (κ1) is 11.7. The SMILES string of the molecule is C=C1CCc2cc(-c3cncc(C)c3)cc3c2N1CC3. The Morgan fingerprint density at radius 3 is 2.60 bits per heavy atom. The van der Waals surface area contributed by atoms with E-state index in [4.69, 9.17) is 0 Å². The summed E-state index contributed by atoms with van der Waals surface area (Å²) in [6.07, 6.45) is 7.21. The second-order valence-corrected chi connectivity index (χ2v) is 5.86. The Balaban J connectivity index is 1.87. The van der Waals surface area contributed by atoms with E-state index in [2.05, 4.69) is 41.6 Å². The zero-order chi connectivity index (χ0) is 13.7. The van der Waals surface area contributed by atoms with Gasteiger partial charge in [-0.1, -0.05) is 6.58 Å². The van der Waals surface area contributed by atoms with Gasteiger partial charge in [-0.2, -0.15) is 0 Å². The number of anilines is 1. The maximum absolute atomic E-state index is 4.33. The quantitative estimate of drug-likeness (QED) is 0.775. The van der Waals surface area contributed by atoms with E-state index >= 15 is 0 Å². The molecule has 0 bridgehead atoms. The lowest BCUT2D eigenvalue weighted by molar-refractivity contribution is 0.815. The number of aromatic nitrogens is 1. The highest BCUT2D eigenvalue weighted by molar-refractivity contribution is 5.76. The lowest BCUT2D eigenvalue weighted by Crippen LogP contribution is -2.23. The van der Waals surface area contributed by atoms with E-state index in [1.165, 1.54) is 39.2 Å². The van der Waals surface area contributed by atoms with Crippen LogP contribution in [0.3, 0.4) is 0 Å². The number of allylic oxidation sites excluding steroid dienone is 1. The molecule has 3 heterocycles. The molecular weight excluding hydrogens is 244 g/mol. The van der Waals surface area contributed by atoms with E-state index < -0.39 is 0 Å². The van der Waals surface area contributed by atoms with E-state index in [1.807, 2.05) is 12.4 Å². The van der Waals surface area contributed by atoms with Crippen molar-refractivity contribution in [2.75, 3.05) is 11.4 Å². The Morgan fingerprint density at radius 2 is 1.80 bits per heavy atom. The van der Waals surface area contributed by atoms with Gasteiger partial charge in [0.2, 0.25) is 0 Å². The average molecular weight is 262 g/mol. The minimum absolute atomic E-state index is 1.09. The molecule has 2 heteroatoms. The van der Waals surface area contributed by atoms with Crippen LogP contribution in [0.15, 0.2) is 42.9 Å². The Bertz CT molecular complexity index is 715. The number of nitrogens with zero attached hydrogens (tertiary/aromatic N) is 2. The number of pyridine rings is 1. The van der Waals surface area contributed by atoms with Crippen LogP contribution in [-0.2, 0) is 12.8 Å². The van der Waals surface area contributed by atoms with Crippen molar-refractivity contribution in [1.29, 1.82) is 0 Å². The number of benzene rings is 1. The molecule has 0 atom stereocenters. The predicted molar refractivity (Wildman–Crippen MR) is 82.9 cm³/mol. The van der Waals surface area contributed by atoms with Gasteiger partial charge < -0.3 is 4.90 Å². The number of hydrogen-bond donors (Lipinski definition) is 0. The summed E-state index contributed by atoms with van der Waals surface area (Å²) in [5, 5.41) is 0. The summed E-state index contributed by atoms with van der Waals surface area (Å²) in [5.41, 5.74) is 9.42. The highest BCUT2D eigenvalue weighted by Gasteiger charge is 2.28. The monoisotopic (exact) mass is 262 g/mol. The number of aryl methyl sites for hydroxylation is 2. The summed E-state index contributed by atoms with van der Waals surface area (Å²) in [7, 11) is 0. The molecule has 0 aliphatic carbocycles. The van der Waals surface area contributed by atoms with Crippen LogP contribution in [0.25, 0.3) is 11.1 Å². The maximum atomic E-state index is 4.33. The van der Waals surface area contributed by atoms with Crippen molar-refractivity contribution < 1.29 is 0 Å². The highest BCUT2D eigenvalue weighted by Crippen LogP contribution is 2.42. The molecule has 1 aromatic heterocycles. The first-order valence-electron chi connectivity index (χ1n) is 7.25. The Labute approximate surface area is 119 Å². The van der Waals surface area contributed by atoms with Crippen molar-refractivity contribution in [1.82, 2.24) is 4.98 Å². The van der Waals surface area contributed by atoms with E-state index in [0.717, 1.165) is 25.8 Å². The second-order valence-electron chi connectivity index (χ2n) is 5.86. The van der Waals surface area contributed by atoms with E-state index in [1.54, 1.807) is 0 Å². The molecule has 2 aliphatic heterocycles. The summed E-state index contributed by atoms with van der Waals surface area (Å²) in [6, 6.07) is 6.91. The lowest BCUT2D eigenvalue weighted by Gasteiger charge is -2.29. The molecule has 2 aromatic rings. The fourth-order valence-corrected chi connectivity index (χ4v) is 3.44. The molecule has 1 aromatic carbocycles. The van der Waals surface area contributed by atoms with E-state index in [0.29, 0.717) is 0 Å². The molecule has 2 aliphatic rings. The zero-order valence-electron chi connectivity index (χ0n) is 11.8. The number of rotatable bonds is 1. The van der Waals surface area contributed by atoms with Crippen LogP contribution in [-0.4, -0.2) is 11.5 Å². The molecule has 0 spiro atoms. The van der Waals surface area contributed by atoms with Crippen molar-refractivity contribution >= 4 is 5.69 Å². The predicted octanol–water partition coefficient (Wildman–Crippen LogP) is 3.88. The van der Waals surface area contributed by atoms with Gasteiger partial charge in [-0.25, -0.2) is 0 Å². The summed E-state index contributed by atoms with van der Waals surface area (Å²) in [5.74, 6) is 0. The van der Waals surface area contributed by atoms with Crippen molar-refractivity contribution in [2.45, 2.75) is 26.2 Å². The lowest BCUT2D eigenvalue weighted by atomic mass is 9.93. The topological polar surface area (TPSA) is 16.1 Å². The molecule has 0 unspecified atom stereocenters. The van der Waals surface area contributed by atoms with Crippen LogP contribution in [0.4, 0.5) is 5.69 Å². The van der Waals surface area contributed by atoms with Crippen molar-refractivity contribution in [3.05, 3.63) is 59.6 Å². The van der Waals surface area contributed by atoms with Gasteiger partial charge in [0.25, 0.3) is 0 Å². The zero-order valence-corrected chi connectivity index (χ0v) is 11.8. The third kappa shape index (κ3) is 1.68. The molecule has 0 fully saturated rings. The van der Waals surface area contributed by atoms with Crippen LogP contribution in [0.1, 0.15) is 23.1 Å². The van der Waals surface area contributed by atoms with Gasteiger partial charge in [0, 0.05) is 35.9 Å². The molecular formula is C18H18N2. The molecule has 0 radical (unpaired) electrons. The molecule has 100 valence electrons. The van der Waals surface area contributed by atoms with Gasteiger partial charge in [0.1, 0.15) is 0 Å². The first-order chi connectivity index (χ1) is 9.72. The minimum atomic E-state index is 1.09. The third-order valence-corrected chi connectivity index (χ3v) is 4.42. The Kier molecular flexibility index (Phi) is 2.46. The summed E-state index contributed by atoms with van der Waals surface area (Å²) >= 11 is 0. The largest absolute Gasteiger partial charge is 0.345 e. The smallest absolute Gasteiger partial charge is 0.0474 e. The number of hydrogen-bond acceptors (Lipinski definition) is 2. The summed E-state index contributed by atoms with van der Waals surface area (Å²) in [6.45, 7) is 7.40. The van der Waals surface area contributed by atoms with Crippen LogP contribution in [0.5, 0.6) is 0 Å². The van der Waals surface area contributed by atoms with Gasteiger partial charge in [-0.3, -0.25) is 4.98 Å². The normalized spacial score (nSPS) is 16.4. The molecule has 0 saturated carbocycles. The summed E-state index contributed by atoms with van der Waals surface area (Å²) < 4.78 is 0. The fraction of sp³-hybridized carbons (Fsp3) is 0.278. The van der Waals surface area contributed by atoms with Crippen LogP contribution in [0.2, 0.25) is 0 Å². The fourth-order valence-electron chi connectivity index (χ4n) is 3.44. The minimum Gasteiger partial charge on any atom is -0.345 e. The Morgan fingerprint density at radius 1 is 1.00 bits per heavy atom. The molecule has 0 saturated heterocycles. The van der Waals surface area contributed by atoms with Gasteiger partial charge in [-0.15, -0.1) is 0 Å². The van der Waals surface area contributed by atoms with Gasteiger partial charge in [0.05, 0.1) is 0 Å². The molecule has 2 nitrogen and oxygen atoms in total. The van der Waals surface area contributed by atoms with Crippen LogP contribution >= 0.6 is 0 Å². The average Bonchev–Trinajstić information content (AvgIpc) is 2.88. The van der Waals surface area contributed by atoms with Crippen molar-refractivity contribution in [2.24, 2.45) is 0 Å². The Hall–Kier alpha value is -2.09. The standard InChI is InChI=1S/C18H18N2/c1-12-7-17(11-19-10-12)16-8-14-4-3-13(2)20-6-5-15(9-16)18(14)20/h7-11H,2-6H2,1H3. The molecule has 4 rings (SSSR count). The third-order valence-electron chi connectivity index (χ3n) is 4.42. The molecule has 0 amide bonds. The maximum Gasteiger partial charge on any atom is 0.0474 e. The van der Waals surface area contributed by atoms with Crippen LogP contribution < -0.4 is 4.90 Å². The van der Waals surface area contributed by atoms with Crippen LogP contribution in [0, 0.1) is 6.92 Å². The first-order valence-corrected chi connectivity index (χ1v) is 7.25. The van der Waals surface area contributed by atoms with Gasteiger partial charge in [0.15, 0.2) is 0 Å². The second kappa shape index (κ2) is 4.20. The highest BCUT2D eigenvalue weighted by atomic mass is 15.2. The van der Waals surface area contributed by atoms with E-state index in [-0.39, 0.29) is 0 Å². The van der Waals surface area contributed by atoms with Crippen molar-refractivity contribution in [3.63, 3.8) is 0 Å².